The molecule has 4 nitrogen and oxygen atoms in total. The molecule has 0 rings (SSSR count). The van der Waals surface area contributed by atoms with Crippen molar-refractivity contribution in [3.63, 3.8) is 0 Å². The Morgan fingerprint density at radius 3 is 0.955 bits per heavy atom. The molecule has 0 aliphatic carbocycles. The Hall–Kier alpha value is -1.91. The van der Waals surface area contributed by atoms with E-state index in [1.807, 2.05) is 6.08 Å². The van der Waals surface area contributed by atoms with Crippen LogP contribution in [0.4, 0.5) is 0 Å². The lowest BCUT2D eigenvalue weighted by atomic mass is 10.0. The molecule has 0 heterocycles. The average molecular weight is 937 g/mol. The Morgan fingerprint density at radius 1 is 0.358 bits per heavy atom. The third kappa shape index (κ3) is 54.9. The predicted octanol–water partition coefficient (Wildman–Crippen LogP) is 20.0. The summed E-state index contributed by atoms with van der Waals surface area (Å²) in [5.41, 5.74) is 0. The molecule has 0 aromatic carbocycles. The summed E-state index contributed by atoms with van der Waals surface area (Å²) in [4.78, 5) is 12.5. The first kappa shape index (κ1) is 65.1. The first-order valence-electron chi connectivity index (χ1n) is 30.0. The van der Waals surface area contributed by atoms with Gasteiger partial charge in [-0.15, -0.1) is 0 Å². The number of rotatable bonds is 55. The maximum Gasteiger partial charge on any atom is 0.220 e. The van der Waals surface area contributed by atoms with Crippen LogP contribution < -0.4 is 5.32 Å². The van der Waals surface area contributed by atoms with Crippen LogP contribution in [0.1, 0.15) is 316 Å². The summed E-state index contributed by atoms with van der Waals surface area (Å²) < 4.78 is 0. The van der Waals surface area contributed by atoms with Crippen molar-refractivity contribution in [1.29, 1.82) is 0 Å². The molecular weight excluding hydrogens is 819 g/mol. The van der Waals surface area contributed by atoms with Crippen molar-refractivity contribution in [2.45, 2.75) is 328 Å². The van der Waals surface area contributed by atoms with Gasteiger partial charge in [-0.2, -0.15) is 0 Å². The van der Waals surface area contributed by atoms with Crippen molar-refractivity contribution in [2.75, 3.05) is 6.61 Å². The molecule has 2 unspecified atom stereocenters. The number of allylic oxidation sites excluding steroid dienone is 9. The normalized spacial score (nSPS) is 13.2. The van der Waals surface area contributed by atoms with Gasteiger partial charge in [0.05, 0.1) is 18.8 Å². The van der Waals surface area contributed by atoms with Crippen molar-refractivity contribution in [3.05, 3.63) is 60.8 Å². The summed E-state index contributed by atoms with van der Waals surface area (Å²) in [6.07, 6.45) is 82.6. The second-order valence-electron chi connectivity index (χ2n) is 20.4. The molecule has 0 fully saturated rings. The summed E-state index contributed by atoms with van der Waals surface area (Å²) in [7, 11) is 0. The van der Waals surface area contributed by atoms with E-state index in [9.17, 15) is 15.0 Å². The highest BCUT2D eigenvalue weighted by Gasteiger charge is 2.18. The maximum absolute atomic E-state index is 12.5. The SMILES string of the molecule is CCCCCCC/C=C\C/C=C\CCCCCCCCCCCCCCCCCCCCCC(=O)NC(CO)C(O)/C=C/CC/C=C/CC/C=C/CCCCCCCCCCCCCCCC. The summed E-state index contributed by atoms with van der Waals surface area (Å²) in [6.45, 7) is 4.31. The van der Waals surface area contributed by atoms with E-state index in [1.54, 1.807) is 6.08 Å². The number of carbonyl (C=O) groups is 1. The fraction of sp³-hybridized carbons (Fsp3) is 0.825. The minimum Gasteiger partial charge on any atom is -0.394 e. The van der Waals surface area contributed by atoms with Gasteiger partial charge in [-0.05, 0) is 77.0 Å². The van der Waals surface area contributed by atoms with Crippen molar-refractivity contribution in [2.24, 2.45) is 0 Å². The van der Waals surface area contributed by atoms with Crippen molar-refractivity contribution in [3.8, 4) is 0 Å². The van der Waals surface area contributed by atoms with Gasteiger partial charge in [0.2, 0.25) is 5.91 Å². The molecule has 0 saturated heterocycles. The second kappa shape index (κ2) is 58.4. The van der Waals surface area contributed by atoms with Gasteiger partial charge in [-0.25, -0.2) is 0 Å². The first-order chi connectivity index (χ1) is 33.2. The molecule has 0 aromatic rings. The lowest BCUT2D eigenvalue weighted by molar-refractivity contribution is -0.123. The number of aliphatic hydroxyl groups excluding tert-OH is 2. The number of hydrogen-bond donors (Lipinski definition) is 3. The van der Waals surface area contributed by atoms with Crippen LogP contribution in [0.25, 0.3) is 0 Å². The quantitative estimate of drug-likeness (QED) is 0.0420. The van der Waals surface area contributed by atoms with Crippen molar-refractivity contribution < 1.29 is 15.0 Å². The Morgan fingerprint density at radius 2 is 0.627 bits per heavy atom. The van der Waals surface area contributed by atoms with Gasteiger partial charge in [0.1, 0.15) is 0 Å². The molecule has 0 radical (unpaired) electrons. The Bertz CT molecular complexity index is 1110. The number of carbonyl (C=O) groups excluding carboxylic acids is 1. The Kier molecular flexibility index (Phi) is 56.7. The van der Waals surface area contributed by atoms with E-state index in [4.69, 9.17) is 0 Å². The van der Waals surface area contributed by atoms with E-state index in [0.717, 1.165) is 44.9 Å². The maximum atomic E-state index is 12.5. The van der Waals surface area contributed by atoms with Gasteiger partial charge in [-0.1, -0.05) is 293 Å². The zero-order chi connectivity index (χ0) is 48.5. The Labute approximate surface area is 419 Å². The van der Waals surface area contributed by atoms with E-state index < -0.39 is 12.1 Å². The lowest BCUT2D eigenvalue weighted by Crippen LogP contribution is -2.45. The van der Waals surface area contributed by atoms with Crippen LogP contribution in [-0.2, 0) is 4.79 Å². The smallest absolute Gasteiger partial charge is 0.220 e. The molecule has 0 bridgehead atoms. The van der Waals surface area contributed by atoms with Gasteiger partial charge < -0.3 is 15.5 Å². The van der Waals surface area contributed by atoms with E-state index in [1.165, 1.54) is 250 Å². The molecule has 0 saturated carbocycles. The van der Waals surface area contributed by atoms with Crippen molar-refractivity contribution in [1.82, 2.24) is 5.32 Å². The minimum atomic E-state index is -0.872. The van der Waals surface area contributed by atoms with Gasteiger partial charge >= 0.3 is 0 Å². The molecule has 4 heteroatoms. The lowest BCUT2D eigenvalue weighted by Gasteiger charge is -2.19. The molecule has 0 spiro atoms. The van der Waals surface area contributed by atoms with E-state index in [2.05, 4.69) is 67.8 Å². The van der Waals surface area contributed by atoms with Crippen LogP contribution in [0.15, 0.2) is 60.8 Å². The molecule has 392 valence electrons. The molecule has 67 heavy (non-hydrogen) atoms. The van der Waals surface area contributed by atoms with E-state index >= 15 is 0 Å². The van der Waals surface area contributed by atoms with Crippen LogP contribution in [0.2, 0.25) is 0 Å². The van der Waals surface area contributed by atoms with Crippen molar-refractivity contribution >= 4 is 5.91 Å². The zero-order valence-electron chi connectivity index (χ0n) is 45.2. The standard InChI is InChI=1S/C63H117NO3/c1-3-5-7-9-11-13-15-17-19-21-23-25-27-29-30-31-32-33-34-35-37-39-41-43-45-47-49-51-53-55-57-59-63(67)64-61(60-65)62(66)58-56-54-52-50-48-46-44-42-40-38-36-28-26-24-22-20-18-16-14-12-10-8-6-4-2/h15,17,21,23,40,42,48,50,56,58,61-62,65-66H,3-14,16,18-20,22,24-39,41,43-47,49,51-55,57,59-60H2,1-2H3,(H,64,67)/b17-15-,23-21-,42-40+,50-48+,58-56+. The van der Waals surface area contributed by atoms with Crippen LogP contribution in [0.5, 0.6) is 0 Å². The molecule has 2 atom stereocenters. The molecule has 0 aromatic heterocycles. The van der Waals surface area contributed by atoms with E-state index in [0.29, 0.717) is 6.42 Å². The predicted molar refractivity (Wildman–Crippen MR) is 299 cm³/mol. The summed E-state index contributed by atoms with van der Waals surface area (Å²) >= 11 is 0. The number of hydrogen-bond acceptors (Lipinski definition) is 3. The third-order valence-electron chi connectivity index (χ3n) is 13.7. The highest BCUT2D eigenvalue weighted by Crippen LogP contribution is 2.17. The topological polar surface area (TPSA) is 69.6 Å². The second-order valence-corrected chi connectivity index (χ2v) is 20.4. The number of nitrogens with one attached hydrogen (secondary N) is 1. The summed E-state index contributed by atoms with van der Waals surface area (Å²) in [5.74, 6) is -0.0741. The molecule has 3 N–H and O–H groups in total. The van der Waals surface area contributed by atoms with Gasteiger partial charge in [0.15, 0.2) is 0 Å². The minimum absolute atomic E-state index is 0.0741. The van der Waals surface area contributed by atoms with Crippen LogP contribution in [-0.4, -0.2) is 34.9 Å². The number of unbranched alkanes of at least 4 members (excludes halogenated alkanes) is 40. The molecular formula is C63H117NO3. The highest BCUT2D eigenvalue weighted by atomic mass is 16.3. The fourth-order valence-electron chi connectivity index (χ4n) is 9.13. The fourth-order valence-corrected chi connectivity index (χ4v) is 9.13. The van der Waals surface area contributed by atoms with Gasteiger partial charge in [0.25, 0.3) is 0 Å². The number of amides is 1. The summed E-state index contributed by atoms with van der Waals surface area (Å²) in [6, 6.07) is -0.647. The first-order valence-corrected chi connectivity index (χ1v) is 30.0. The summed E-state index contributed by atoms with van der Waals surface area (Å²) in [5, 5.41) is 23.2. The largest absolute Gasteiger partial charge is 0.394 e. The molecule has 0 aliphatic rings. The van der Waals surface area contributed by atoms with Crippen LogP contribution in [0.3, 0.4) is 0 Å². The number of aliphatic hydroxyl groups is 2. The molecule has 1 amide bonds. The average Bonchev–Trinajstić information content (AvgIpc) is 3.33. The zero-order valence-corrected chi connectivity index (χ0v) is 45.2. The van der Waals surface area contributed by atoms with E-state index in [-0.39, 0.29) is 12.5 Å². The van der Waals surface area contributed by atoms with Gasteiger partial charge in [-0.3, -0.25) is 4.79 Å². The van der Waals surface area contributed by atoms with Crippen LogP contribution in [0, 0.1) is 0 Å². The molecule has 0 aliphatic heterocycles. The van der Waals surface area contributed by atoms with Crippen LogP contribution >= 0.6 is 0 Å². The van der Waals surface area contributed by atoms with Gasteiger partial charge in [0, 0.05) is 6.42 Å². The third-order valence-corrected chi connectivity index (χ3v) is 13.7. The Balaban J connectivity index is 3.52. The monoisotopic (exact) mass is 936 g/mol. The highest BCUT2D eigenvalue weighted by molar-refractivity contribution is 5.76.